The second-order valence-electron chi connectivity index (χ2n) is 4.11. The van der Waals surface area contributed by atoms with Gasteiger partial charge in [0, 0.05) is 5.56 Å². The van der Waals surface area contributed by atoms with E-state index in [1.54, 1.807) is 19.2 Å². The molecule has 0 saturated heterocycles. The van der Waals surface area contributed by atoms with Crippen molar-refractivity contribution >= 4 is 17.1 Å². The molecule has 0 fully saturated rings. The minimum absolute atomic E-state index is 0.480. The molecule has 2 rings (SSSR count). The smallest absolute Gasteiger partial charge is 0.165 e. The zero-order chi connectivity index (χ0) is 14.0. The maximum Gasteiger partial charge on any atom is 0.165 e. The lowest BCUT2D eigenvalue weighted by Crippen LogP contribution is -2.00. The fourth-order valence-corrected chi connectivity index (χ4v) is 1.97. The molecule has 0 spiro atoms. The van der Waals surface area contributed by atoms with Gasteiger partial charge in [-0.25, -0.2) is 0 Å². The van der Waals surface area contributed by atoms with Crippen LogP contribution in [0.2, 0.25) is 0 Å². The number of anilines is 3. The highest BCUT2D eigenvalue weighted by atomic mass is 16.5. The largest absolute Gasteiger partial charge is 0.495 e. The maximum atomic E-state index is 6.08. The Bertz CT molecular complexity index is 612. The fourth-order valence-electron chi connectivity index (χ4n) is 1.97. The second kappa shape index (κ2) is 4.97. The van der Waals surface area contributed by atoms with Crippen molar-refractivity contribution in [2.45, 2.75) is 0 Å². The Hall–Kier alpha value is -2.56. The van der Waals surface area contributed by atoms with Crippen molar-refractivity contribution < 1.29 is 9.47 Å². The highest BCUT2D eigenvalue weighted by molar-refractivity contribution is 5.86. The number of nitrogen functional groups attached to an aromatic ring is 3. The van der Waals surface area contributed by atoms with Crippen LogP contribution in [-0.2, 0) is 0 Å². The zero-order valence-electron chi connectivity index (χ0n) is 10.9. The molecule has 0 amide bonds. The van der Waals surface area contributed by atoms with Crippen LogP contribution >= 0.6 is 0 Å². The van der Waals surface area contributed by atoms with E-state index in [4.69, 9.17) is 26.7 Å². The lowest BCUT2D eigenvalue weighted by molar-refractivity contribution is 0.417. The molecule has 19 heavy (non-hydrogen) atoms. The number of ether oxygens (including phenoxy) is 2. The van der Waals surface area contributed by atoms with Crippen LogP contribution in [0.3, 0.4) is 0 Å². The van der Waals surface area contributed by atoms with Gasteiger partial charge in [-0.15, -0.1) is 0 Å². The fraction of sp³-hybridized carbons (Fsp3) is 0.143. The quantitative estimate of drug-likeness (QED) is 0.733. The van der Waals surface area contributed by atoms with Crippen LogP contribution in [0.25, 0.3) is 11.1 Å². The Kier molecular flexibility index (Phi) is 3.37. The number of hydrogen-bond acceptors (Lipinski definition) is 5. The SMILES string of the molecule is COc1cc(-c2ccc(N)c(OC)c2N)ccc1N. The lowest BCUT2D eigenvalue weighted by atomic mass is 10.0. The molecule has 0 aromatic heterocycles. The van der Waals surface area contributed by atoms with E-state index in [0.29, 0.717) is 28.6 Å². The predicted octanol–water partition coefficient (Wildman–Crippen LogP) is 2.12. The summed E-state index contributed by atoms with van der Waals surface area (Å²) in [7, 11) is 3.11. The van der Waals surface area contributed by atoms with Crippen molar-refractivity contribution in [1.29, 1.82) is 0 Å². The molecule has 6 N–H and O–H groups in total. The Morgan fingerprint density at radius 2 is 1.53 bits per heavy atom. The van der Waals surface area contributed by atoms with Gasteiger partial charge in [0.25, 0.3) is 0 Å². The molecule has 0 radical (unpaired) electrons. The van der Waals surface area contributed by atoms with Crippen molar-refractivity contribution in [2.24, 2.45) is 0 Å². The Balaban J connectivity index is 2.59. The molecular weight excluding hydrogens is 242 g/mol. The average Bonchev–Trinajstić information content (AvgIpc) is 2.40. The zero-order valence-corrected chi connectivity index (χ0v) is 10.9. The highest BCUT2D eigenvalue weighted by Gasteiger charge is 2.12. The van der Waals surface area contributed by atoms with Gasteiger partial charge in [-0.05, 0) is 29.8 Å². The van der Waals surface area contributed by atoms with Crippen molar-refractivity contribution in [1.82, 2.24) is 0 Å². The third-order valence-electron chi connectivity index (χ3n) is 2.98. The van der Waals surface area contributed by atoms with Crippen molar-refractivity contribution in [3.63, 3.8) is 0 Å². The second-order valence-corrected chi connectivity index (χ2v) is 4.11. The number of methoxy groups -OCH3 is 2. The Labute approximate surface area is 111 Å². The Morgan fingerprint density at radius 3 is 2.16 bits per heavy atom. The first kappa shape index (κ1) is 12.9. The summed E-state index contributed by atoms with van der Waals surface area (Å²) in [5.74, 6) is 1.08. The van der Waals surface area contributed by atoms with Crippen LogP contribution in [-0.4, -0.2) is 14.2 Å². The van der Waals surface area contributed by atoms with E-state index in [1.165, 1.54) is 7.11 Å². The molecule has 2 aromatic rings. The highest BCUT2D eigenvalue weighted by Crippen LogP contribution is 2.39. The molecule has 0 bridgehead atoms. The summed E-state index contributed by atoms with van der Waals surface area (Å²) in [6, 6.07) is 9.08. The molecule has 0 aliphatic carbocycles. The summed E-state index contributed by atoms with van der Waals surface area (Å²) in [5.41, 5.74) is 21.0. The molecule has 5 nitrogen and oxygen atoms in total. The minimum atomic E-state index is 0.480. The number of hydrogen-bond donors (Lipinski definition) is 3. The molecular formula is C14H17N3O2. The molecule has 0 saturated carbocycles. The van der Waals surface area contributed by atoms with Crippen molar-refractivity contribution in [3.05, 3.63) is 30.3 Å². The summed E-state index contributed by atoms with van der Waals surface area (Å²) in [5, 5.41) is 0. The Morgan fingerprint density at radius 1 is 0.842 bits per heavy atom. The first-order valence-corrected chi connectivity index (χ1v) is 5.74. The minimum Gasteiger partial charge on any atom is -0.495 e. The van der Waals surface area contributed by atoms with E-state index in [-0.39, 0.29) is 0 Å². The van der Waals surface area contributed by atoms with Gasteiger partial charge in [0.1, 0.15) is 5.75 Å². The van der Waals surface area contributed by atoms with Crippen LogP contribution in [0.5, 0.6) is 11.5 Å². The summed E-state index contributed by atoms with van der Waals surface area (Å²) >= 11 is 0. The van der Waals surface area contributed by atoms with E-state index in [1.807, 2.05) is 18.2 Å². The van der Waals surface area contributed by atoms with Gasteiger partial charge in [0.05, 0.1) is 31.3 Å². The lowest BCUT2D eigenvalue weighted by Gasteiger charge is -2.14. The van der Waals surface area contributed by atoms with E-state index in [9.17, 15) is 0 Å². The van der Waals surface area contributed by atoms with E-state index >= 15 is 0 Å². The first-order chi connectivity index (χ1) is 9.08. The van der Waals surface area contributed by atoms with Gasteiger partial charge in [0.15, 0.2) is 5.75 Å². The van der Waals surface area contributed by atoms with Crippen molar-refractivity contribution in [2.75, 3.05) is 31.4 Å². The number of rotatable bonds is 3. The van der Waals surface area contributed by atoms with Gasteiger partial charge in [0.2, 0.25) is 0 Å². The van der Waals surface area contributed by atoms with Gasteiger partial charge >= 0.3 is 0 Å². The summed E-state index contributed by atoms with van der Waals surface area (Å²) in [6.45, 7) is 0. The molecule has 0 aliphatic rings. The van der Waals surface area contributed by atoms with Crippen LogP contribution in [0.1, 0.15) is 0 Å². The summed E-state index contributed by atoms with van der Waals surface area (Å²) < 4.78 is 10.4. The molecule has 0 atom stereocenters. The normalized spacial score (nSPS) is 10.2. The van der Waals surface area contributed by atoms with E-state index < -0.39 is 0 Å². The van der Waals surface area contributed by atoms with Crippen LogP contribution in [0, 0.1) is 0 Å². The van der Waals surface area contributed by atoms with Crippen LogP contribution in [0.4, 0.5) is 17.1 Å². The molecule has 2 aromatic carbocycles. The van der Waals surface area contributed by atoms with Gasteiger partial charge < -0.3 is 26.7 Å². The molecule has 0 aliphatic heterocycles. The molecule has 100 valence electrons. The number of nitrogens with two attached hydrogens (primary N) is 3. The molecule has 5 heteroatoms. The summed E-state index contributed by atoms with van der Waals surface area (Å²) in [4.78, 5) is 0. The average molecular weight is 259 g/mol. The third kappa shape index (κ3) is 2.22. The first-order valence-electron chi connectivity index (χ1n) is 5.74. The van der Waals surface area contributed by atoms with Crippen molar-refractivity contribution in [3.8, 4) is 22.6 Å². The van der Waals surface area contributed by atoms with Gasteiger partial charge in [-0.2, -0.15) is 0 Å². The van der Waals surface area contributed by atoms with E-state index in [2.05, 4.69) is 0 Å². The molecule has 0 heterocycles. The third-order valence-corrected chi connectivity index (χ3v) is 2.98. The van der Waals surface area contributed by atoms with Crippen LogP contribution in [0.15, 0.2) is 30.3 Å². The predicted molar refractivity (Wildman–Crippen MR) is 78.2 cm³/mol. The van der Waals surface area contributed by atoms with E-state index in [0.717, 1.165) is 11.1 Å². The van der Waals surface area contributed by atoms with Gasteiger partial charge in [-0.1, -0.05) is 6.07 Å². The molecule has 0 unspecified atom stereocenters. The summed E-state index contributed by atoms with van der Waals surface area (Å²) in [6.07, 6.45) is 0. The maximum absolute atomic E-state index is 6.08. The van der Waals surface area contributed by atoms with Crippen LogP contribution < -0.4 is 26.7 Å². The topological polar surface area (TPSA) is 96.5 Å². The monoisotopic (exact) mass is 259 g/mol. The number of benzene rings is 2. The standard InChI is InChI=1S/C14H17N3O2/c1-18-12-7-8(3-5-10(12)15)9-4-6-11(16)14(19-2)13(9)17/h3-7H,15-17H2,1-2H3. The van der Waals surface area contributed by atoms with Gasteiger partial charge in [-0.3, -0.25) is 0 Å².